The third kappa shape index (κ3) is 2.72. The first-order valence-corrected chi connectivity index (χ1v) is 11.1. The summed E-state index contributed by atoms with van der Waals surface area (Å²) in [6.07, 6.45) is 1.25. The first kappa shape index (κ1) is 13.6. The molecule has 1 aliphatic rings. The molecule has 0 aromatic heterocycles. The van der Waals surface area contributed by atoms with E-state index in [0.29, 0.717) is 6.04 Å². The lowest BCUT2D eigenvalue weighted by molar-refractivity contribution is 0.282. The molecule has 1 atom stereocenters. The van der Waals surface area contributed by atoms with Crippen LogP contribution in [0.25, 0.3) is 0 Å². The Morgan fingerprint density at radius 1 is 0.950 bits per heavy atom. The molecule has 0 aliphatic carbocycles. The second-order valence-corrected chi connectivity index (χ2v) is 12.4. The van der Waals surface area contributed by atoms with Gasteiger partial charge in [0.15, 0.2) is 0 Å². The topological polar surface area (TPSA) is 3.24 Å². The predicted octanol–water partition coefficient (Wildman–Crippen LogP) is 4.47. The van der Waals surface area contributed by atoms with Gasteiger partial charge in [0.25, 0.3) is 0 Å². The maximum atomic E-state index is 2.67. The van der Waals surface area contributed by atoms with E-state index < -0.39 is 8.07 Å². The van der Waals surface area contributed by atoms with Crippen LogP contribution in [0.3, 0.4) is 0 Å². The van der Waals surface area contributed by atoms with Gasteiger partial charge in [0, 0.05) is 6.54 Å². The third-order valence-electron chi connectivity index (χ3n) is 3.88. The SMILES string of the molecule is C[Si](C)(C)CN1Cc2ccccc2C1c1ccccc1. The molecule has 0 spiro atoms. The molecule has 2 aromatic carbocycles. The summed E-state index contributed by atoms with van der Waals surface area (Å²) in [6, 6.07) is 20.3. The van der Waals surface area contributed by atoms with Crippen LogP contribution in [-0.2, 0) is 6.54 Å². The Morgan fingerprint density at radius 3 is 2.30 bits per heavy atom. The van der Waals surface area contributed by atoms with E-state index in [-0.39, 0.29) is 0 Å². The van der Waals surface area contributed by atoms with Gasteiger partial charge in [0.1, 0.15) is 0 Å². The fraction of sp³-hybridized carbons (Fsp3) is 0.333. The molecule has 0 amide bonds. The van der Waals surface area contributed by atoms with Crippen LogP contribution in [0.1, 0.15) is 22.7 Å². The smallest absolute Gasteiger partial charge is 0.0605 e. The number of hydrogen-bond acceptors (Lipinski definition) is 1. The Bertz CT molecular complexity index is 586. The molecule has 1 aliphatic heterocycles. The van der Waals surface area contributed by atoms with Crippen LogP contribution in [-0.4, -0.2) is 19.1 Å². The highest BCUT2D eigenvalue weighted by atomic mass is 28.3. The maximum Gasteiger partial charge on any atom is 0.0605 e. The highest BCUT2D eigenvalue weighted by Crippen LogP contribution is 2.38. The van der Waals surface area contributed by atoms with E-state index in [0.717, 1.165) is 6.54 Å². The zero-order valence-corrected chi connectivity index (χ0v) is 13.6. The number of nitrogens with zero attached hydrogens (tertiary/aromatic N) is 1. The molecule has 20 heavy (non-hydrogen) atoms. The Labute approximate surface area is 123 Å². The molecule has 0 fully saturated rings. The molecule has 3 rings (SSSR count). The zero-order valence-electron chi connectivity index (χ0n) is 12.6. The summed E-state index contributed by atoms with van der Waals surface area (Å²) >= 11 is 0. The van der Waals surface area contributed by atoms with Crippen molar-refractivity contribution in [2.24, 2.45) is 0 Å². The normalized spacial score (nSPS) is 19.1. The van der Waals surface area contributed by atoms with Crippen molar-refractivity contribution < 1.29 is 0 Å². The van der Waals surface area contributed by atoms with E-state index in [1.165, 1.54) is 22.9 Å². The van der Waals surface area contributed by atoms with Crippen LogP contribution >= 0.6 is 0 Å². The Kier molecular flexibility index (Phi) is 3.53. The molecular weight excluding hydrogens is 258 g/mol. The monoisotopic (exact) mass is 281 g/mol. The van der Waals surface area contributed by atoms with Crippen LogP contribution in [0.15, 0.2) is 54.6 Å². The van der Waals surface area contributed by atoms with Gasteiger partial charge in [0.05, 0.1) is 14.1 Å². The molecule has 2 aromatic rings. The van der Waals surface area contributed by atoms with Crippen LogP contribution < -0.4 is 0 Å². The number of benzene rings is 2. The molecule has 0 N–H and O–H groups in total. The summed E-state index contributed by atoms with van der Waals surface area (Å²) in [5.74, 6) is 0. The first-order chi connectivity index (χ1) is 9.54. The fourth-order valence-electron chi connectivity index (χ4n) is 3.23. The van der Waals surface area contributed by atoms with Gasteiger partial charge < -0.3 is 0 Å². The van der Waals surface area contributed by atoms with Gasteiger partial charge in [-0.25, -0.2) is 0 Å². The van der Waals surface area contributed by atoms with E-state index in [4.69, 9.17) is 0 Å². The minimum Gasteiger partial charge on any atom is -0.291 e. The van der Waals surface area contributed by atoms with Crippen LogP contribution in [0.5, 0.6) is 0 Å². The molecule has 1 nitrogen and oxygen atoms in total. The summed E-state index contributed by atoms with van der Waals surface area (Å²) in [5, 5.41) is 0. The molecule has 1 unspecified atom stereocenters. The van der Waals surface area contributed by atoms with Crippen LogP contribution in [0, 0.1) is 0 Å². The quantitative estimate of drug-likeness (QED) is 0.750. The maximum absolute atomic E-state index is 2.67. The van der Waals surface area contributed by atoms with Gasteiger partial charge in [0.2, 0.25) is 0 Å². The van der Waals surface area contributed by atoms with Gasteiger partial charge in [-0.15, -0.1) is 0 Å². The standard InChI is InChI=1S/C18H23NSi/c1-20(2,3)14-19-13-16-11-7-8-12-17(16)18(19)15-9-5-4-6-10-15/h4-12,18H,13-14H2,1-3H3. The second-order valence-electron chi connectivity index (χ2n) is 6.98. The Hall–Kier alpha value is -1.38. The van der Waals surface area contributed by atoms with E-state index in [9.17, 15) is 0 Å². The van der Waals surface area contributed by atoms with Crippen LogP contribution in [0.2, 0.25) is 19.6 Å². The Balaban J connectivity index is 2.01. The molecule has 0 saturated carbocycles. The van der Waals surface area contributed by atoms with E-state index >= 15 is 0 Å². The molecule has 2 heteroatoms. The van der Waals surface area contributed by atoms with E-state index in [2.05, 4.69) is 79.1 Å². The molecule has 1 heterocycles. The number of rotatable bonds is 3. The summed E-state index contributed by atoms with van der Waals surface area (Å²) in [5.41, 5.74) is 4.42. The second kappa shape index (κ2) is 5.19. The highest BCUT2D eigenvalue weighted by Gasteiger charge is 2.33. The number of hydrogen-bond donors (Lipinski definition) is 0. The third-order valence-corrected chi connectivity index (χ3v) is 5.24. The van der Waals surface area contributed by atoms with Crippen molar-refractivity contribution in [3.05, 3.63) is 71.3 Å². The Morgan fingerprint density at radius 2 is 1.60 bits per heavy atom. The summed E-state index contributed by atoms with van der Waals surface area (Å²) < 4.78 is 0. The van der Waals surface area contributed by atoms with Gasteiger partial charge in [-0.3, -0.25) is 4.90 Å². The average molecular weight is 281 g/mol. The predicted molar refractivity (Wildman–Crippen MR) is 88.5 cm³/mol. The summed E-state index contributed by atoms with van der Waals surface area (Å²) in [6.45, 7) is 8.47. The van der Waals surface area contributed by atoms with Crippen molar-refractivity contribution in [1.82, 2.24) is 4.90 Å². The van der Waals surface area contributed by atoms with Crippen LogP contribution in [0.4, 0.5) is 0 Å². The minimum atomic E-state index is -1.11. The lowest BCUT2D eigenvalue weighted by Crippen LogP contribution is -2.39. The molecule has 104 valence electrons. The summed E-state index contributed by atoms with van der Waals surface area (Å²) in [7, 11) is -1.11. The lowest BCUT2D eigenvalue weighted by atomic mass is 9.98. The molecule has 0 bridgehead atoms. The van der Waals surface area contributed by atoms with Gasteiger partial charge in [-0.05, 0) is 22.9 Å². The molecule has 0 radical (unpaired) electrons. The van der Waals surface area contributed by atoms with Crippen molar-refractivity contribution >= 4 is 8.07 Å². The summed E-state index contributed by atoms with van der Waals surface area (Å²) in [4.78, 5) is 2.67. The molecular formula is C18H23NSi. The van der Waals surface area contributed by atoms with Gasteiger partial charge in [-0.1, -0.05) is 74.2 Å². The lowest BCUT2D eigenvalue weighted by Gasteiger charge is -2.31. The van der Waals surface area contributed by atoms with Crippen molar-refractivity contribution in [2.75, 3.05) is 6.17 Å². The number of fused-ring (bicyclic) bond motifs is 1. The fourth-order valence-corrected chi connectivity index (χ4v) is 4.75. The van der Waals surface area contributed by atoms with Gasteiger partial charge >= 0.3 is 0 Å². The van der Waals surface area contributed by atoms with Crippen molar-refractivity contribution in [1.29, 1.82) is 0 Å². The van der Waals surface area contributed by atoms with E-state index in [1.54, 1.807) is 0 Å². The van der Waals surface area contributed by atoms with E-state index in [1.807, 2.05) is 0 Å². The van der Waals surface area contributed by atoms with Gasteiger partial charge in [-0.2, -0.15) is 0 Å². The van der Waals surface area contributed by atoms with Crippen molar-refractivity contribution in [2.45, 2.75) is 32.2 Å². The largest absolute Gasteiger partial charge is 0.291 e. The highest BCUT2D eigenvalue weighted by molar-refractivity contribution is 6.76. The average Bonchev–Trinajstić information content (AvgIpc) is 2.75. The van der Waals surface area contributed by atoms with Crippen molar-refractivity contribution in [3.8, 4) is 0 Å². The minimum absolute atomic E-state index is 0.444. The first-order valence-electron chi connectivity index (χ1n) is 7.41. The van der Waals surface area contributed by atoms with Crippen molar-refractivity contribution in [3.63, 3.8) is 0 Å². The zero-order chi connectivity index (χ0) is 14.2. The molecule has 0 saturated heterocycles.